The van der Waals surface area contributed by atoms with Crippen LogP contribution in [0, 0.1) is 0 Å². The summed E-state index contributed by atoms with van der Waals surface area (Å²) in [6.07, 6.45) is -0.0571. The molecule has 1 aromatic rings. The second-order valence-electron chi connectivity index (χ2n) is 6.72. The van der Waals surface area contributed by atoms with Crippen LogP contribution in [0.1, 0.15) is 38.7 Å². The van der Waals surface area contributed by atoms with Crippen molar-refractivity contribution < 1.29 is 9.90 Å². The second kappa shape index (κ2) is 9.65. The lowest BCUT2D eigenvalue weighted by atomic mass is 10.0. The molecule has 0 aliphatic rings. The van der Waals surface area contributed by atoms with E-state index in [2.05, 4.69) is 24.5 Å². The molecule has 0 heterocycles. The van der Waals surface area contributed by atoms with Crippen LogP contribution in [0.25, 0.3) is 0 Å². The summed E-state index contributed by atoms with van der Waals surface area (Å²) in [5.74, 6) is 0.350. The van der Waals surface area contributed by atoms with Gasteiger partial charge in [0.05, 0.1) is 6.10 Å². The third-order valence-electron chi connectivity index (χ3n) is 3.63. The van der Waals surface area contributed by atoms with Gasteiger partial charge in [-0.05, 0) is 38.6 Å². The number of rotatable bonds is 9. The van der Waals surface area contributed by atoms with E-state index in [1.165, 1.54) is 0 Å². The largest absolute Gasteiger partial charge is 0.390 e. The van der Waals surface area contributed by atoms with Crippen LogP contribution in [0.4, 0.5) is 5.69 Å². The molecule has 0 aliphatic heterocycles. The van der Waals surface area contributed by atoms with E-state index in [0.717, 1.165) is 11.3 Å². The van der Waals surface area contributed by atoms with Crippen LogP contribution < -0.4 is 10.6 Å². The fourth-order valence-electron chi connectivity index (χ4n) is 2.49. The molecular formula is C18H31N3O2. The minimum absolute atomic E-state index is 0.0121. The van der Waals surface area contributed by atoms with Crippen LogP contribution in [0.5, 0.6) is 0 Å². The third kappa shape index (κ3) is 7.59. The molecule has 2 unspecified atom stereocenters. The third-order valence-corrected chi connectivity index (χ3v) is 3.63. The average Bonchev–Trinajstić information content (AvgIpc) is 2.44. The monoisotopic (exact) mass is 321 g/mol. The molecule has 3 N–H and O–H groups in total. The van der Waals surface area contributed by atoms with E-state index in [9.17, 15) is 9.90 Å². The maximum Gasteiger partial charge on any atom is 0.225 e. The second-order valence-corrected chi connectivity index (χ2v) is 6.72. The zero-order valence-electron chi connectivity index (χ0n) is 15.0. The molecule has 5 nitrogen and oxygen atoms in total. The zero-order valence-corrected chi connectivity index (χ0v) is 15.0. The molecule has 0 aliphatic carbocycles. The van der Waals surface area contributed by atoms with E-state index < -0.39 is 6.10 Å². The molecule has 0 radical (unpaired) electrons. The lowest BCUT2D eigenvalue weighted by molar-refractivity contribution is -0.116. The normalized spacial score (nSPS) is 14.1. The van der Waals surface area contributed by atoms with Gasteiger partial charge < -0.3 is 20.6 Å². The van der Waals surface area contributed by atoms with E-state index in [-0.39, 0.29) is 11.9 Å². The van der Waals surface area contributed by atoms with Gasteiger partial charge in [0.15, 0.2) is 0 Å². The fourth-order valence-corrected chi connectivity index (χ4v) is 2.49. The summed E-state index contributed by atoms with van der Waals surface area (Å²) in [5, 5.41) is 16.0. The smallest absolute Gasteiger partial charge is 0.225 e. The minimum atomic E-state index is -0.433. The maximum absolute atomic E-state index is 12.2. The summed E-state index contributed by atoms with van der Waals surface area (Å²) in [4.78, 5) is 14.1. The summed E-state index contributed by atoms with van der Waals surface area (Å²) < 4.78 is 0. The summed E-state index contributed by atoms with van der Waals surface area (Å²) in [7, 11) is 3.85. The number of anilines is 1. The first-order chi connectivity index (χ1) is 10.8. The number of carbonyl (C=O) groups excluding carboxylic acids is 1. The fraction of sp³-hybridized carbons (Fsp3) is 0.611. The van der Waals surface area contributed by atoms with Crippen molar-refractivity contribution in [3.63, 3.8) is 0 Å². The number of amides is 1. The van der Waals surface area contributed by atoms with Gasteiger partial charge >= 0.3 is 0 Å². The van der Waals surface area contributed by atoms with E-state index >= 15 is 0 Å². The molecule has 1 aromatic carbocycles. The number of likely N-dealkylation sites (N-methyl/N-ethyl adjacent to an activating group) is 1. The molecule has 5 heteroatoms. The van der Waals surface area contributed by atoms with Gasteiger partial charge in [0.1, 0.15) is 0 Å². The Morgan fingerprint density at radius 3 is 2.48 bits per heavy atom. The van der Waals surface area contributed by atoms with E-state index in [1.54, 1.807) is 0 Å². The lowest BCUT2D eigenvalue weighted by Crippen LogP contribution is -2.40. The Kier molecular flexibility index (Phi) is 8.23. The minimum Gasteiger partial charge on any atom is -0.390 e. The van der Waals surface area contributed by atoms with E-state index in [0.29, 0.717) is 25.4 Å². The number of benzene rings is 1. The van der Waals surface area contributed by atoms with Crippen LogP contribution in [-0.2, 0) is 4.79 Å². The number of hydrogen-bond acceptors (Lipinski definition) is 4. The average molecular weight is 321 g/mol. The topological polar surface area (TPSA) is 64.6 Å². The van der Waals surface area contributed by atoms with Crippen molar-refractivity contribution in [1.82, 2.24) is 10.2 Å². The van der Waals surface area contributed by atoms with Crippen LogP contribution in [0.15, 0.2) is 24.3 Å². The molecule has 0 saturated heterocycles. The van der Waals surface area contributed by atoms with Crippen molar-refractivity contribution in [2.24, 2.45) is 0 Å². The van der Waals surface area contributed by atoms with Crippen LogP contribution in [-0.4, -0.2) is 55.2 Å². The molecule has 1 rings (SSSR count). The van der Waals surface area contributed by atoms with Gasteiger partial charge in [-0.1, -0.05) is 32.0 Å². The Morgan fingerprint density at radius 1 is 1.22 bits per heavy atom. The molecule has 2 atom stereocenters. The van der Waals surface area contributed by atoms with Crippen LogP contribution in [0.3, 0.4) is 0 Å². The summed E-state index contributed by atoms with van der Waals surface area (Å²) in [6, 6.07) is 7.91. The Morgan fingerprint density at radius 2 is 1.87 bits per heavy atom. The van der Waals surface area contributed by atoms with Crippen molar-refractivity contribution in [2.45, 2.75) is 45.3 Å². The van der Waals surface area contributed by atoms with Crippen LogP contribution >= 0.6 is 0 Å². The maximum atomic E-state index is 12.2. The van der Waals surface area contributed by atoms with Crippen molar-refractivity contribution in [1.29, 1.82) is 0 Å². The Labute approximate surface area is 140 Å². The molecule has 0 aromatic heterocycles. The van der Waals surface area contributed by atoms with Gasteiger partial charge in [-0.2, -0.15) is 0 Å². The first-order valence-electron chi connectivity index (χ1n) is 8.24. The quantitative estimate of drug-likeness (QED) is 0.651. The van der Waals surface area contributed by atoms with Crippen molar-refractivity contribution in [2.75, 3.05) is 32.5 Å². The molecule has 23 heavy (non-hydrogen) atoms. The standard InChI is InChI=1S/C18H31N3O2/c1-13(2)16-8-6-7-9-17(16)20-18(23)10-14(3)19-11-15(22)12-21(4)5/h6-9,13-15,19,22H,10-12H2,1-5H3,(H,20,23). The number of nitrogens with one attached hydrogen (secondary N) is 2. The first-order valence-corrected chi connectivity index (χ1v) is 8.24. The lowest BCUT2D eigenvalue weighted by Gasteiger charge is -2.20. The van der Waals surface area contributed by atoms with Crippen molar-refractivity contribution in [3.05, 3.63) is 29.8 Å². The van der Waals surface area contributed by atoms with Crippen molar-refractivity contribution >= 4 is 11.6 Å². The number of carbonyl (C=O) groups is 1. The highest BCUT2D eigenvalue weighted by Gasteiger charge is 2.13. The molecule has 0 spiro atoms. The zero-order chi connectivity index (χ0) is 17.4. The molecule has 130 valence electrons. The predicted octanol–water partition coefficient (Wildman–Crippen LogP) is 2.04. The van der Waals surface area contributed by atoms with Gasteiger partial charge in [0.2, 0.25) is 5.91 Å². The van der Waals surface area contributed by atoms with E-state index in [4.69, 9.17) is 0 Å². The summed E-state index contributed by atoms with van der Waals surface area (Å²) >= 11 is 0. The number of aliphatic hydroxyl groups excluding tert-OH is 1. The van der Waals surface area contributed by atoms with Gasteiger partial charge in [-0.3, -0.25) is 4.79 Å². The highest BCUT2D eigenvalue weighted by molar-refractivity contribution is 5.91. The Balaban J connectivity index is 2.44. The van der Waals surface area contributed by atoms with Crippen molar-refractivity contribution in [3.8, 4) is 0 Å². The first kappa shape index (κ1) is 19.6. The number of para-hydroxylation sites is 1. The Hall–Kier alpha value is -1.43. The van der Waals surface area contributed by atoms with Gasteiger partial charge in [-0.25, -0.2) is 0 Å². The van der Waals surface area contributed by atoms with Gasteiger partial charge in [0.25, 0.3) is 0 Å². The number of nitrogens with zero attached hydrogens (tertiary/aromatic N) is 1. The SMILES string of the molecule is CC(CC(=O)Nc1ccccc1C(C)C)NCC(O)CN(C)C. The molecule has 1 amide bonds. The molecule has 0 saturated carbocycles. The summed E-state index contributed by atoms with van der Waals surface area (Å²) in [5.41, 5.74) is 2.02. The molecule has 0 fully saturated rings. The summed E-state index contributed by atoms with van der Waals surface area (Å²) in [6.45, 7) is 7.27. The highest BCUT2D eigenvalue weighted by Crippen LogP contribution is 2.23. The molecule has 0 bridgehead atoms. The van der Waals surface area contributed by atoms with Gasteiger partial charge in [0, 0.05) is 31.2 Å². The van der Waals surface area contributed by atoms with E-state index in [1.807, 2.05) is 50.2 Å². The predicted molar refractivity (Wildman–Crippen MR) is 95.8 cm³/mol. The van der Waals surface area contributed by atoms with Crippen LogP contribution in [0.2, 0.25) is 0 Å². The highest BCUT2D eigenvalue weighted by atomic mass is 16.3. The number of aliphatic hydroxyl groups is 1. The number of hydrogen-bond donors (Lipinski definition) is 3. The van der Waals surface area contributed by atoms with Gasteiger partial charge in [-0.15, -0.1) is 0 Å². The Bertz CT molecular complexity index is 489. The molecular weight excluding hydrogens is 290 g/mol.